The zero-order chi connectivity index (χ0) is 21.0. The molecular weight excluding hydrogens is 376 g/mol. The fourth-order valence-electron chi connectivity index (χ4n) is 2.06. The molecule has 27 heavy (non-hydrogen) atoms. The maximum absolute atomic E-state index is 12.4. The van der Waals surface area contributed by atoms with Gasteiger partial charge in [-0.25, -0.2) is 4.79 Å². The predicted molar refractivity (Wildman–Crippen MR) is 102 cm³/mol. The van der Waals surface area contributed by atoms with Gasteiger partial charge in [-0.3, -0.25) is 14.4 Å². The minimum atomic E-state index is -1.15. The van der Waals surface area contributed by atoms with Crippen molar-refractivity contribution in [2.75, 3.05) is 25.2 Å². The van der Waals surface area contributed by atoms with Crippen LogP contribution in [0.25, 0.3) is 0 Å². The van der Waals surface area contributed by atoms with Gasteiger partial charge < -0.3 is 31.9 Å². The molecule has 4 atom stereocenters. The standard InChI is InChI=1S/C16H30N4O6S/c1-4-9(2)13(20-14(23)10(17)8-21)15(24)18-7-12(22)19-11(16(25)26)5-6-27-3/h9-11,13,21H,4-8,17H2,1-3H3,(H,18,24)(H,19,22)(H,20,23)(H,25,26). The van der Waals surface area contributed by atoms with E-state index in [1.807, 2.05) is 13.2 Å². The summed E-state index contributed by atoms with van der Waals surface area (Å²) in [7, 11) is 0. The van der Waals surface area contributed by atoms with Crippen LogP contribution in [0, 0.1) is 5.92 Å². The second-order valence-corrected chi connectivity index (χ2v) is 7.10. The van der Waals surface area contributed by atoms with Gasteiger partial charge in [0.15, 0.2) is 0 Å². The Morgan fingerprint density at radius 2 is 1.78 bits per heavy atom. The van der Waals surface area contributed by atoms with Crippen molar-refractivity contribution >= 4 is 35.5 Å². The molecule has 3 amide bonds. The van der Waals surface area contributed by atoms with Crippen LogP contribution in [0.1, 0.15) is 26.7 Å². The Balaban J connectivity index is 4.76. The van der Waals surface area contributed by atoms with E-state index in [0.29, 0.717) is 12.2 Å². The van der Waals surface area contributed by atoms with E-state index in [-0.39, 0.29) is 12.3 Å². The Hall–Kier alpha value is -1.85. The molecule has 0 aliphatic heterocycles. The monoisotopic (exact) mass is 406 g/mol. The topological polar surface area (TPSA) is 171 Å². The van der Waals surface area contributed by atoms with E-state index in [4.69, 9.17) is 15.9 Å². The van der Waals surface area contributed by atoms with Gasteiger partial charge in [-0.2, -0.15) is 11.8 Å². The summed E-state index contributed by atoms with van der Waals surface area (Å²) in [5.74, 6) is -2.73. The molecule has 10 nitrogen and oxygen atoms in total. The number of carbonyl (C=O) groups is 4. The molecule has 0 saturated heterocycles. The minimum absolute atomic E-state index is 0.240. The lowest BCUT2D eigenvalue weighted by molar-refractivity contribution is -0.141. The largest absolute Gasteiger partial charge is 0.480 e. The zero-order valence-corrected chi connectivity index (χ0v) is 16.7. The number of thioether (sulfide) groups is 1. The first-order valence-electron chi connectivity index (χ1n) is 8.63. The third-order valence-corrected chi connectivity index (χ3v) is 4.64. The van der Waals surface area contributed by atoms with Crippen molar-refractivity contribution in [3.05, 3.63) is 0 Å². The summed E-state index contributed by atoms with van der Waals surface area (Å²) in [6, 6.07) is -3.12. The van der Waals surface area contributed by atoms with E-state index in [1.165, 1.54) is 11.8 Å². The molecule has 7 N–H and O–H groups in total. The molecule has 0 rings (SSSR count). The number of nitrogens with one attached hydrogen (secondary N) is 3. The highest BCUT2D eigenvalue weighted by molar-refractivity contribution is 7.98. The van der Waals surface area contributed by atoms with Crippen LogP contribution >= 0.6 is 11.8 Å². The number of carboxylic acids is 1. The van der Waals surface area contributed by atoms with Crippen molar-refractivity contribution in [2.24, 2.45) is 11.7 Å². The van der Waals surface area contributed by atoms with Crippen LogP contribution in [0.3, 0.4) is 0 Å². The maximum Gasteiger partial charge on any atom is 0.326 e. The van der Waals surface area contributed by atoms with Gasteiger partial charge in [-0.1, -0.05) is 20.3 Å². The summed E-state index contributed by atoms with van der Waals surface area (Å²) in [6.07, 6.45) is 2.67. The first-order valence-corrected chi connectivity index (χ1v) is 10.0. The fraction of sp³-hybridized carbons (Fsp3) is 0.750. The van der Waals surface area contributed by atoms with E-state index in [9.17, 15) is 19.2 Å². The summed E-state index contributed by atoms with van der Waals surface area (Å²) < 4.78 is 0. The van der Waals surface area contributed by atoms with Crippen LogP contribution in [-0.2, 0) is 19.2 Å². The normalized spacial score (nSPS) is 15.1. The Morgan fingerprint density at radius 1 is 1.15 bits per heavy atom. The fourth-order valence-corrected chi connectivity index (χ4v) is 2.53. The molecule has 0 aromatic heterocycles. The number of carbonyl (C=O) groups excluding carboxylic acids is 3. The number of aliphatic hydroxyl groups excluding tert-OH is 1. The van der Waals surface area contributed by atoms with Crippen LogP contribution in [0.4, 0.5) is 0 Å². The van der Waals surface area contributed by atoms with Gasteiger partial charge in [-0.05, 0) is 24.3 Å². The van der Waals surface area contributed by atoms with Crippen LogP contribution in [0.2, 0.25) is 0 Å². The quantitative estimate of drug-likeness (QED) is 0.210. The van der Waals surface area contributed by atoms with Gasteiger partial charge in [-0.15, -0.1) is 0 Å². The summed E-state index contributed by atoms with van der Waals surface area (Å²) in [5.41, 5.74) is 5.44. The molecule has 0 aliphatic rings. The van der Waals surface area contributed by atoms with E-state index in [1.54, 1.807) is 6.92 Å². The molecule has 0 radical (unpaired) electrons. The van der Waals surface area contributed by atoms with Crippen LogP contribution in [-0.4, -0.2) is 77.2 Å². The molecule has 4 unspecified atom stereocenters. The van der Waals surface area contributed by atoms with Crippen molar-refractivity contribution < 1.29 is 29.4 Å². The average Bonchev–Trinajstić information content (AvgIpc) is 2.65. The van der Waals surface area contributed by atoms with Crippen molar-refractivity contribution in [1.29, 1.82) is 0 Å². The van der Waals surface area contributed by atoms with Crippen LogP contribution in [0.15, 0.2) is 0 Å². The van der Waals surface area contributed by atoms with Crippen LogP contribution in [0.5, 0.6) is 0 Å². The second-order valence-electron chi connectivity index (χ2n) is 6.12. The smallest absolute Gasteiger partial charge is 0.326 e. The third-order valence-electron chi connectivity index (χ3n) is 3.99. The SMILES string of the molecule is CCC(C)C(NC(=O)C(N)CO)C(=O)NCC(=O)NC(CCSC)C(=O)O. The lowest BCUT2D eigenvalue weighted by atomic mass is 9.98. The second kappa shape index (κ2) is 13.3. The third kappa shape index (κ3) is 9.59. The van der Waals surface area contributed by atoms with E-state index in [2.05, 4.69) is 16.0 Å². The number of nitrogens with two attached hydrogens (primary N) is 1. The average molecular weight is 407 g/mol. The zero-order valence-electron chi connectivity index (χ0n) is 15.9. The number of rotatable bonds is 13. The Bertz CT molecular complexity index is 519. The van der Waals surface area contributed by atoms with Gasteiger partial charge >= 0.3 is 5.97 Å². The Labute approximate surface area is 163 Å². The highest BCUT2D eigenvalue weighted by atomic mass is 32.2. The minimum Gasteiger partial charge on any atom is -0.480 e. The van der Waals surface area contributed by atoms with Gasteiger partial charge in [0, 0.05) is 0 Å². The summed E-state index contributed by atoms with van der Waals surface area (Å²) in [4.78, 5) is 47.3. The Kier molecular flexibility index (Phi) is 12.4. The molecule has 0 aromatic rings. The lowest BCUT2D eigenvalue weighted by Crippen LogP contribution is -2.56. The van der Waals surface area contributed by atoms with Crippen molar-refractivity contribution in [3.8, 4) is 0 Å². The van der Waals surface area contributed by atoms with Gasteiger partial charge in [0.25, 0.3) is 0 Å². The molecule has 0 heterocycles. The first-order chi connectivity index (χ1) is 12.7. The van der Waals surface area contributed by atoms with E-state index >= 15 is 0 Å². The molecule has 156 valence electrons. The van der Waals surface area contributed by atoms with Crippen molar-refractivity contribution in [1.82, 2.24) is 16.0 Å². The first kappa shape index (κ1) is 25.1. The van der Waals surface area contributed by atoms with Gasteiger partial charge in [0.1, 0.15) is 18.1 Å². The summed E-state index contributed by atoms with van der Waals surface area (Å²) >= 11 is 1.46. The number of hydrogen-bond acceptors (Lipinski definition) is 7. The molecular formula is C16H30N4O6S. The molecule has 0 spiro atoms. The number of aliphatic hydroxyl groups is 1. The highest BCUT2D eigenvalue weighted by Gasteiger charge is 2.28. The van der Waals surface area contributed by atoms with Crippen molar-refractivity contribution in [3.63, 3.8) is 0 Å². The maximum atomic E-state index is 12.4. The number of aliphatic carboxylic acids is 1. The van der Waals surface area contributed by atoms with Crippen molar-refractivity contribution in [2.45, 2.75) is 44.8 Å². The number of carboxylic acid groups (broad SMARTS) is 1. The van der Waals surface area contributed by atoms with Crippen LogP contribution < -0.4 is 21.7 Å². The molecule has 0 bridgehead atoms. The van der Waals surface area contributed by atoms with Gasteiger partial charge in [0.05, 0.1) is 13.2 Å². The van der Waals surface area contributed by atoms with E-state index < -0.39 is 55.0 Å². The Morgan fingerprint density at radius 3 is 2.26 bits per heavy atom. The summed E-state index contributed by atoms with van der Waals surface area (Å²) in [6.45, 7) is 2.60. The molecule has 0 saturated carbocycles. The predicted octanol–water partition coefficient (Wildman–Crippen LogP) is -1.72. The number of hydrogen-bond donors (Lipinski definition) is 6. The highest BCUT2D eigenvalue weighted by Crippen LogP contribution is 2.08. The molecule has 0 aromatic carbocycles. The number of amides is 3. The molecule has 0 fully saturated rings. The molecule has 0 aliphatic carbocycles. The van der Waals surface area contributed by atoms with E-state index in [0.717, 1.165) is 0 Å². The van der Waals surface area contributed by atoms with Gasteiger partial charge in [0.2, 0.25) is 17.7 Å². The summed E-state index contributed by atoms with van der Waals surface area (Å²) in [5, 5.41) is 25.2. The lowest BCUT2D eigenvalue weighted by Gasteiger charge is -2.24. The molecule has 11 heteroatoms.